The molecule has 2 unspecified atom stereocenters. The van der Waals surface area contributed by atoms with E-state index in [0.717, 1.165) is 38.6 Å². The molecule has 0 fully saturated rings. The molecule has 0 saturated heterocycles. The van der Waals surface area contributed by atoms with E-state index >= 15 is 0 Å². The maximum Gasteiger partial charge on any atom is 0.0477 e. The lowest BCUT2D eigenvalue weighted by Gasteiger charge is -2.27. The van der Waals surface area contributed by atoms with Gasteiger partial charge in [0.2, 0.25) is 0 Å². The van der Waals surface area contributed by atoms with E-state index in [1.807, 2.05) is 6.92 Å². The molecule has 3 nitrogen and oxygen atoms in total. The predicted octanol–water partition coefficient (Wildman–Crippen LogP) is 2.37. The fraction of sp³-hybridized carbons (Fsp3) is 1.00. The molecule has 0 saturated carbocycles. The van der Waals surface area contributed by atoms with E-state index in [9.17, 15) is 0 Å². The highest BCUT2D eigenvalue weighted by molar-refractivity contribution is 4.68. The van der Waals surface area contributed by atoms with Crippen molar-refractivity contribution in [2.75, 3.05) is 39.9 Å². The first-order valence-corrected chi connectivity index (χ1v) is 7.10. The molecule has 0 spiro atoms. The summed E-state index contributed by atoms with van der Waals surface area (Å²) in [6, 6.07) is 0.607. The molecule has 0 aromatic carbocycles. The zero-order chi connectivity index (χ0) is 13.1. The van der Waals surface area contributed by atoms with Gasteiger partial charge >= 0.3 is 0 Å². The summed E-state index contributed by atoms with van der Waals surface area (Å²) in [6.45, 7) is 13.9. The van der Waals surface area contributed by atoms with Crippen LogP contribution in [0.25, 0.3) is 0 Å². The van der Waals surface area contributed by atoms with Crippen LogP contribution >= 0.6 is 0 Å². The molecular formula is C14H32N2O. The third-order valence-electron chi connectivity index (χ3n) is 3.34. The summed E-state index contributed by atoms with van der Waals surface area (Å²) in [5.41, 5.74) is 0. The Balaban J connectivity index is 3.46. The second-order valence-electron chi connectivity index (χ2n) is 5.06. The maximum atomic E-state index is 5.30. The number of ether oxygens (including phenoxy) is 1. The molecule has 17 heavy (non-hydrogen) atoms. The molecule has 2 atom stereocenters. The molecule has 0 aliphatic heterocycles. The van der Waals surface area contributed by atoms with Crippen LogP contribution in [0.1, 0.15) is 40.5 Å². The molecule has 104 valence electrons. The third-order valence-corrected chi connectivity index (χ3v) is 3.34. The van der Waals surface area contributed by atoms with Crippen molar-refractivity contribution >= 4 is 0 Å². The lowest BCUT2D eigenvalue weighted by Crippen LogP contribution is -2.40. The Morgan fingerprint density at radius 1 is 1.24 bits per heavy atom. The summed E-state index contributed by atoms with van der Waals surface area (Å²) in [6.07, 6.45) is 2.37. The van der Waals surface area contributed by atoms with Crippen LogP contribution in [0.3, 0.4) is 0 Å². The van der Waals surface area contributed by atoms with Crippen molar-refractivity contribution in [2.24, 2.45) is 5.92 Å². The van der Waals surface area contributed by atoms with Crippen LogP contribution in [0.15, 0.2) is 0 Å². The van der Waals surface area contributed by atoms with Gasteiger partial charge < -0.3 is 15.0 Å². The highest BCUT2D eigenvalue weighted by Crippen LogP contribution is 2.05. The zero-order valence-corrected chi connectivity index (χ0v) is 12.5. The van der Waals surface area contributed by atoms with Crippen molar-refractivity contribution in [3.8, 4) is 0 Å². The van der Waals surface area contributed by atoms with Gasteiger partial charge in [0.1, 0.15) is 0 Å². The second kappa shape index (κ2) is 11.0. The Bertz CT molecular complexity index is 164. The molecule has 0 aromatic heterocycles. The summed E-state index contributed by atoms with van der Waals surface area (Å²) < 4.78 is 5.30. The molecule has 0 aliphatic carbocycles. The number of hydrogen-bond acceptors (Lipinski definition) is 3. The minimum absolute atomic E-state index is 0.607. The summed E-state index contributed by atoms with van der Waals surface area (Å²) >= 11 is 0. The minimum atomic E-state index is 0.607. The first kappa shape index (κ1) is 16.9. The van der Waals surface area contributed by atoms with Gasteiger partial charge in [-0.25, -0.2) is 0 Å². The molecule has 0 radical (unpaired) electrons. The van der Waals surface area contributed by atoms with Crippen LogP contribution in [-0.4, -0.2) is 50.8 Å². The van der Waals surface area contributed by atoms with E-state index in [4.69, 9.17) is 4.74 Å². The number of nitrogens with zero attached hydrogens (tertiary/aromatic N) is 1. The molecule has 0 amide bonds. The minimum Gasteiger partial charge on any atom is -0.382 e. The fourth-order valence-electron chi connectivity index (χ4n) is 1.71. The predicted molar refractivity (Wildman–Crippen MR) is 75.5 cm³/mol. The van der Waals surface area contributed by atoms with Crippen LogP contribution in [0.2, 0.25) is 0 Å². The number of nitrogens with one attached hydrogen (secondary N) is 1. The fourth-order valence-corrected chi connectivity index (χ4v) is 1.71. The normalized spacial score (nSPS) is 15.2. The first-order chi connectivity index (χ1) is 8.11. The van der Waals surface area contributed by atoms with Crippen molar-refractivity contribution in [1.29, 1.82) is 0 Å². The molecule has 3 heteroatoms. The molecule has 0 heterocycles. The Morgan fingerprint density at radius 3 is 2.53 bits per heavy atom. The van der Waals surface area contributed by atoms with E-state index in [1.165, 1.54) is 13.0 Å². The third kappa shape index (κ3) is 9.57. The van der Waals surface area contributed by atoms with Crippen molar-refractivity contribution in [2.45, 2.75) is 46.6 Å². The maximum absolute atomic E-state index is 5.30. The van der Waals surface area contributed by atoms with E-state index in [1.54, 1.807) is 0 Å². The highest BCUT2D eigenvalue weighted by Gasteiger charge is 2.10. The van der Waals surface area contributed by atoms with Gasteiger partial charge in [0.05, 0.1) is 0 Å². The average Bonchev–Trinajstić information content (AvgIpc) is 2.32. The number of rotatable bonds is 11. The molecule has 1 N–H and O–H groups in total. The smallest absolute Gasteiger partial charge is 0.0477 e. The van der Waals surface area contributed by atoms with Gasteiger partial charge in [0.25, 0.3) is 0 Å². The largest absolute Gasteiger partial charge is 0.382 e. The van der Waals surface area contributed by atoms with Crippen molar-refractivity contribution < 1.29 is 4.74 Å². The molecular weight excluding hydrogens is 212 g/mol. The van der Waals surface area contributed by atoms with Crippen LogP contribution in [0, 0.1) is 5.92 Å². The van der Waals surface area contributed by atoms with Gasteiger partial charge in [0, 0.05) is 32.3 Å². The zero-order valence-electron chi connectivity index (χ0n) is 12.5. The van der Waals surface area contributed by atoms with Crippen LogP contribution in [0.4, 0.5) is 0 Å². The Labute approximate surface area is 108 Å². The van der Waals surface area contributed by atoms with Crippen molar-refractivity contribution in [3.05, 3.63) is 0 Å². The number of likely N-dealkylation sites (N-methyl/N-ethyl adjacent to an activating group) is 1. The lowest BCUT2D eigenvalue weighted by atomic mass is 10.1. The van der Waals surface area contributed by atoms with Gasteiger partial charge in [-0.3, -0.25) is 0 Å². The SMILES string of the molecule is CCOCCCNCC(C)N(C)CC(C)CC. The van der Waals surface area contributed by atoms with Gasteiger partial charge in [-0.05, 0) is 39.8 Å². The molecule has 0 aromatic rings. The van der Waals surface area contributed by atoms with Crippen LogP contribution in [0.5, 0.6) is 0 Å². The Morgan fingerprint density at radius 2 is 1.94 bits per heavy atom. The summed E-state index contributed by atoms with van der Waals surface area (Å²) in [5.74, 6) is 0.792. The standard InChI is InChI=1S/C14H32N2O/c1-6-13(3)12-16(5)14(4)11-15-9-8-10-17-7-2/h13-15H,6-12H2,1-5H3. The van der Waals surface area contributed by atoms with E-state index in [2.05, 4.69) is 38.0 Å². The topological polar surface area (TPSA) is 24.5 Å². The molecule has 0 rings (SSSR count). The van der Waals surface area contributed by atoms with E-state index in [-0.39, 0.29) is 0 Å². The van der Waals surface area contributed by atoms with Crippen LogP contribution < -0.4 is 5.32 Å². The van der Waals surface area contributed by atoms with Crippen LogP contribution in [-0.2, 0) is 4.74 Å². The first-order valence-electron chi connectivity index (χ1n) is 7.10. The van der Waals surface area contributed by atoms with Crippen molar-refractivity contribution in [3.63, 3.8) is 0 Å². The second-order valence-corrected chi connectivity index (χ2v) is 5.06. The average molecular weight is 244 g/mol. The summed E-state index contributed by atoms with van der Waals surface area (Å²) in [5, 5.41) is 3.49. The monoisotopic (exact) mass is 244 g/mol. The number of hydrogen-bond donors (Lipinski definition) is 1. The summed E-state index contributed by atoms with van der Waals surface area (Å²) in [7, 11) is 2.22. The molecule has 0 aliphatic rings. The van der Waals surface area contributed by atoms with Gasteiger partial charge in [-0.1, -0.05) is 20.3 Å². The lowest BCUT2D eigenvalue weighted by molar-refractivity contribution is 0.143. The van der Waals surface area contributed by atoms with Gasteiger partial charge in [0.15, 0.2) is 0 Å². The Kier molecular flexibility index (Phi) is 10.9. The van der Waals surface area contributed by atoms with E-state index < -0.39 is 0 Å². The van der Waals surface area contributed by atoms with Gasteiger partial charge in [-0.2, -0.15) is 0 Å². The van der Waals surface area contributed by atoms with Gasteiger partial charge in [-0.15, -0.1) is 0 Å². The quantitative estimate of drug-likeness (QED) is 0.565. The highest BCUT2D eigenvalue weighted by atomic mass is 16.5. The Hall–Kier alpha value is -0.120. The van der Waals surface area contributed by atoms with E-state index in [0.29, 0.717) is 6.04 Å². The summed E-state index contributed by atoms with van der Waals surface area (Å²) in [4.78, 5) is 2.45. The molecule has 0 bridgehead atoms. The van der Waals surface area contributed by atoms with Crippen molar-refractivity contribution in [1.82, 2.24) is 10.2 Å².